The fraction of sp³-hybridized carbons (Fsp3) is 0.615. The average Bonchev–Trinajstić information content (AvgIpc) is 2.24. The molecule has 2 aliphatic carbocycles. The molecule has 0 aromatic heterocycles. The molecule has 2 rings (SSSR count). The van der Waals surface area contributed by atoms with Gasteiger partial charge in [0.15, 0.2) is 5.78 Å². The molecule has 0 radical (unpaired) electrons. The monoisotopic (exact) mass is 190 g/mol. The quantitative estimate of drug-likeness (QED) is 0.535. The first-order chi connectivity index (χ1) is 6.53. The van der Waals surface area contributed by atoms with Crippen molar-refractivity contribution in [2.45, 2.75) is 46.0 Å². The SMILES string of the molecule is C=C1CCCC2=C(C)C(=O)CC2(C)C1. The molecule has 14 heavy (non-hydrogen) atoms. The summed E-state index contributed by atoms with van der Waals surface area (Å²) in [6.07, 6.45) is 5.15. The van der Waals surface area contributed by atoms with E-state index in [-0.39, 0.29) is 5.41 Å². The molecule has 2 aliphatic rings. The highest BCUT2D eigenvalue weighted by atomic mass is 16.1. The van der Waals surface area contributed by atoms with E-state index in [1.54, 1.807) is 0 Å². The van der Waals surface area contributed by atoms with Gasteiger partial charge in [-0.1, -0.05) is 24.6 Å². The van der Waals surface area contributed by atoms with Gasteiger partial charge in [-0.25, -0.2) is 0 Å². The van der Waals surface area contributed by atoms with Gasteiger partial charge in [-0.05, 0) is 43.6 Å². The van der Waals surface area contributed by atoms with Crippen molar-refractivity contribution in [1.29, 1.82) is 0 Å². The standard InChI is InChI=1S/C13H18O/c1-9-5-4-6-11-10(2)12(14)8-13(11,3)7-9/h1,4-8H2,2-3H3. The largest absolute Gasteiger partial charge is 0.295 e. The maximum absolute atomic E-state index is 11.7. The maximum Gasteiger partial charge on any atom is 0.159 e. The van der Waals surface area contributed by atoms with Crippen LogP contribution in [0.4, 0.5) is 0 Å². The van der Waals surface area contributed by atoms with Crippen molar-refractivity contribution in [3.63, 3.8) is 0 Å². The van der Waals surface area contributed by atoms with Crippen molar-refractivity contribution in [2.75, 3.05) is 0 Å². The third-order valence-electron chi connectivity index (χ3n) is 3.75. The predicted molar refractivity (Wildman–Crippen MR) is 58.0 cm³/mol. The summed E-state index contributed by atoms with van der Waals surface area (Å²) in [5, 5.41) is 0. The van der Waals surface area contributed by atoms with Gasteiger partial charge in [-0.2, -0.15) is 0 Å². The zero-order chi connectivity index (χ0) is 10.3. The molecule has 76 valence electrons. The van der Waals surface area contributed by atoms with Gasteiger partial charge in [-0.3, -0.25) is 4.79 Å². The van der Waals surface area contributed by atoms with Crippen LogP contribution in [0, 0.1) is 5.41 Å². The average molecular weight is 190 g/mol. The summed E-state index contributed by atoms with van der Waals surface area (Å²) in [5.41, 5.74) is 3.91. The van der Waals surface area contributed by atoms with Crippen LogP contribution in [-0.4, -0.2) is 5.78 Å². The van der Waals surface area contributed by atoms with Crippen LogP contribution in [-0.2, 0) is 4.79 Å². The van der Waals surface area contributed by atoms with Gasteiger partial charge in [0.05, 0.1) is 0 Å². The molecule has 0 heterocycles. The molecule has 0 bridgehead atoms. The van der Waals surface area contributed by atoms with Crippen LogP contribution in [0.3, 0.4) is 0 Å². The highest BCUT2D eigenvalue weighted by molar-refractivity contribution is 5.99. The van der Waals surface area contributed by atoms with Crippen molar-refractivity contribution in [2.24, 2.45) is 5.41 Å². The number of hydrogen-bond donors (Lipinski definition) is 0. The molecule has 1 saturated carbocycles. The summed E-state index contributed by atoms with van der Waals surface area (Å²) in [4.78, 5) is 11.7. The van der Waals surface area contributed by atoms with E-state index in [9.17, 15) is 4.79 Å². The minimum absolute atomic E-state index is 0.120. The molecule has 0 aliphatic heterocycles. The first-order valence-electron chi connectivity index (χ1n) is 5.43. The zero-order valence-corrected chi connectivity index (χ0v) is 9.15. The smallest absolute Gasteiger partial charge is 0.159 e. The normalized spacial score (nSPS) is 33.3. The van der Waals surface area contributed by atoms with Gasteiger partial charge in [0.1, 0.15) is 0 Å². The third-order valence-corrected chi connectivity index (χ3v) is 3.75. The number of hydrogen-bond acceptors (Lipinski definition) is 1. The molecule has 0 N–H and O–H groups in total. The fourth-order valence-corrected chi connectivity index (χ4v) is 3.03. The topological polar surface area (TPSA) is 17.1 Å². The minimum Gasteiger partial charge on any atom is -0.295 e. The molecule has 0 saturated heterocycles. The molecule has 0 aromatic rings. The maximum atomic E-state index is 11.7. The lowest BCUT2D eigenvalue weighted by molar-refractivity contribution is -0.115. The minimum atomic E-state index is 0.120. The van der Waals surface area contributed by atoms with Crippen molar-refractivity contribution in [1.82, 2.24) is 0 Å². The van der Waals surface area contributed by atoms with E-state index in [1.165, 1.54) is 17.6 Å². The molecule has 1 atom stereocenters. The Bertz CT molecular complexity index is 335. The van der Waals surface area contributed by atoms with Crippen molar-refractivity contribution in [3.05, 3.63) is 23.3 Å². The van der Waals surface area contributed by atoms with Crippen LogP contribution in [0.15, 0.2) is 23.3 Å². The fourth-order valence-electron chi connectivity index (χ4n) is 3.03. The predicted octanol–water partition coefficient (Wildman–Crippen LogP) is 3.41. The van der Waals surface area contributed by atoms with Gasteiger partial charge in [0, 0.05) is 6.42 Å². The van der Waals surface area contributed by atoms with Gasteiger partial charge in [0.2, 0.25) is 0 Å². The van der Waals surface area contributed by atoms with E-state index in [1.807, 2.05) is 6.92 Å². The van der Waals surface area contributed by atoms with E-state index in [0.29, 0.717) is 12.2 Å². The second-order valence-corrected chi connectivity index (χ2v) is 5.04. The number of rotatable bonds is 0. The van der Waals surface area contributed by atoms with Crippen molar-refractivity contribution < 1.29 is 4.79 Å². The number of fused-ring (bicyclic) bond motifs is 1. The lowest BCUT2D eigenvalue weighted by atomic mass is 9.78. The van der Waals surface area contributed by atoms with Gasteiger partial charge in [0.25, 0.3) is 0 Å². The summed E-state index contributed by atoms with van der Waals surface area (Å²) in [7, 11) is 0. The second kappa shape index (κ2) is 3.08. The van der Waals surface area contributed by atoms with Crippen LogP contribution in [0.1, 0.15) is 46.0 Å². The zero-order valence-electron chi connectivity index (χ0n) is 9.15. The summed E-state index contributed by atoms with van der Waals surface area (Å²) in [6, 6.07) is 0. The van der Waals surface area contributed by atoms with E-state index in [4.69, 9.17) is 0 Å². The number of carbonyl (C=O) groups is 1. The lowest BCUT2D eigenvalue weighted by Gasteiger charge is -2.25. The van der Waals surface area contributed by atoms with E-state index in [2.05, 4.69) is 13.5 Å². The summed E-state index contributed by atoms with van der Waals surface area (Å²) >= 11 is 0. The molecule has 0 amide bonds. The first kappa shape index (κ1) is 9.70. The highest BCUT2D eigenvalue weighted by Crippen LogP contribution is 2.49. The van der Waals surface area contributed by atoms with Crippen molar-refractivity contribution in [3.8, 4) is 0 Å². The summed E-state index contributed by atoms with van der Waals surface area (Å²) in [6.45, 7) is 8.32. The number of carbonyl (C=O) groups excluding carboxylic acids is 1. The van der Waals surface area contributed by atoms with E-state index in [0.717, 1.165) is 24.8 Å². The Balaban J connectivity index is 2.41. The highest BCUT2D eigenvalue weighted by Gasteiger charge is 2.40. The Labute approximate surface area is 85.9 Å². The summed E-state index contributed by atoms with van der Waals surface area (Å²) < 4.78 is 0. The van der Waals surface area contributed by atoms with E-state index >= 15 is 0 Å². The van der Waals surface area contributed by atoms with E-state index < -0.39 is 0 Å². The Morgan fingerprint density at radius 1 is 1.29 bits per heavy atom. The van der Waals surface area contributed by atoms with Crippen LogP contribution < -0.4 is 0 Å². The molecule has 0 aromatic carbocycles. The Morgan fingerprint density at radius 2 is 2.00 bits per heavy atom. The second-order valence-electron chi connectivity index (χ2n) is 5.04. The van der Waals surface area contributed by atoms with Gasteiger partial charge < -0.3 is 0 Å². The number of Topliss-reactive ketones (excluding diaryl/α,β-unsaturated/α-hetero) is 1. The van der Waals surface area contributed by atoms with Crippen molar-refractivity contribution >= 4 is 5.78 Å². The number of allylic oxidation sites excluding steroid dienone is 3. The molecule has 0 spiro atoms. The molecule has 1 fully saturated rings. The Hall–Kier alpha value is -0.850. The molecular weight excluding hydrogens is 172 g/mol. The van der Waals surface area contributed by atoms with Crippen LogP contribution in [0.5, 0.6) is 0 Å². The van der Waals surface area contributed by atoms with Gasteiger partial charge >= 0.3 is 0 Å². The molecule has 1 unspecified atom stereocenters. The Kier molecular flexibility index (Phi) is 2.13. The Morgan fingerprint density at radius 3 is 2.71 bits per heavy atom. The first-order valence-corrected chi connectivity index (χ1v) is 5.43. The van der Waals surface area contributed by atoms with Crippen LogP contribution >= 0.6 is 0 Å². The molecular formula is C13H18O. The molecule has 1 heteroatoms. The third kappa shape index (κ3) is 1.35. The van der Waals surface area contributed by atoms with Crippen LogP contribution in [0.2, 0.25) is 0 Å². The molecule has 1 nitrogen and oxygen atoms in total. The number of ketones is 1. The van der Waals surface area contributed by atoms with Gasteiger partial charge in [-0.15, -0.1) is 0 Å². The lowest BCUT2D eigenvalue weighted by Crippen LogP contribution is -2.15. The summed E-state index contributed by atoms with van der Waals surface area (Å²) in [5.74, 6) is 0.359. The van der Waals surface area contributed by atoms with Crippen LogP contribution in [0.25, 0.3) is 0 Å².